The van der Waals surface area contributed by atoms with Gasteiger partial charge in [0.1, 0.15) is 18.2 Å². The molecule has 0 radical (unpaired) electrons. The van der Waals surface area contributed by atoms with Crippen LogP contribution in [0.2, 0.25) is 0 Å². The van der Waals surface area contributed by atoms with Crippen LogP contribution in [0.4, 0.5) is 10.6 Å². The van der Waals surface area contributed by atoms with E-state index in [9.17, 15) is 14.7 Å². The number of rotatable bonds is 2. The van der Waals surface area contributed by atoms with Crippen molar-refractivity contribution in [3.8, 4) is 0 Å². The Morgan fingerprint density at radius 1 is 1.38 bits per heavy atom. The van der Waals surface area contributed by atoms with Crippen molar-refractivity contribution in [2.24, 2.45) is 0 Å². The minimum atomic E-state index is -1.07. The molecule has 1 saturated heterocycles. The largest absolute Gasteiger partial charge is 0.465 e. The first-order valence-corrected chi connectivity index (χ1v) is 7.67. The van der Waals surface area contributed by atoms with Gasteiger partial charge >= 0.3 is 6.09 Å². The van der Waals surface area contributed by atoms with Gasteiger partial charge in [0.15, 0.2) is 0 Å². The minimum absolute atomic E-state index is 0.196. The monoisotopic (exact) mass is 329 g/mol. The van der Waals surface area contributed by atoms with Crippen LogP contribution >= 0.6 is 0 Å². The zero-order chi connectivity index (χ0) is 17.4. The Labute approximate surface area is 138 Å². The van der Waals surface area contributed by atoms with E-state index in [0.717, 1.165) is 16.5 Å². The van der Waals surface area contributed by atoms with Crippen molar-refractivity contribution in [3.63, 3.8) is 0 Å². The van der Waals surface area contributed by atoms with E-state index in [2.05, 4.69) is 9.97 Å². The van der Waals surface area contributed by atoms with Crippen LogP contribution in [-0.2, 0) is 11.3 Å². The summed E-state index contributed by atoms with van der Waals surface area (Å²) in [6.07, 6.45) is 0.337. The number of carbonyl (C=O) groups is 2. The quantitative estimate of drug-likeness (QED) is 0.859. The summed E-state index contributed by atoms with van der Waals surface area (Å²) in [4.78, 5) is 34.8. The first-order chi connectivity index (χ1) is 11.4. The maximum absolute atomic E-state index is 12.5. The number of anilines is 1. The number of fused-ring (bicyclic) bond motifs is 1. The van der Waals surface area contributed by atoms with E-state index in [4.69, 9.17) is 5.73 Å². The van der Waals surface area contributed by atoms with Crippen LogP contribution in [0.15, 0.2) is 24.5 Å². The molecular formula is C16H19N5O3. The van der Waals surface area contributed by atoms with Crippen molar-refractivity contribution >= 4 is 28.7 Å². The second-order valence-corrected chi connectivity index (χ2v) is 6.04. The molecule has 0 spiro atoms. The lowest BCUT2D eigenvalue weighted by Crippen LogP contribution is -2.61. The fourth-order valence-electron chi connectivity index (χ4n) is 3.20. The van der Waals surface area contributed by atoms with Crippen LogP contribution in [0.5, 0.6) is 0 Å². The normalized spacial score (nSPS) is 21.3. The Hall–Kier alpha value is -2.90. The average Bonchev–Trinajstić information content (AvgIpc) is 2.52. The van der Waals surface area contributed by atoms with Gasteiger partial charge in [-0.25, -0.2) is 14.8 Å². The van der Waals surface area contributed by atoms with Gasteiger partial charge in [-0.2, -0.15) is 0 Å². The van der Waals surface area contributed by atoms with Gasteiger partial charge in [0.25, 0.3) is 0 Å². The first-order valence-electron chi connectivity index (χ1n) is 7.67. The lowest BCUT2D eigenvalue weighted by molar-refractivity contribution is -0.143. The van der Waals surface area contributed by atoms with Gasteiger partial charge in [0.2, 0.25) is 5.91 Å². The summed E-state index contributed by atoms with van der Waals surface area (Å²) in [6.45, 7) is 4.19. The topological polar surface area (TPSA) is 113 Å². The summed E-state index contributed by atoms with van der Waals surface area (Å²) in [7, 11) is 0. The fraction of sp³-hybridized carbons (Fsp3) is 0.375. The maximum atomic E-state index is 12.5. The number of aromatic nitrogens is 2. The van der Waals surface area contributed by atoms with Crippen LogP contribution in [-0.4, -0.2) is 55.5 Å². The zero-order valence-corrected chi connectivity index (χ0v) is 13.5. The number of nitrogens with two attached hydrogens (primary N) is 1. The van der Waals surface area contributed by atoms with Gasteiger partial charge in [0, 0.05) is 18.5 Å². The number of carbonyl (C=O) groups excluding carboxylic acids is 1. The van der Waals surface area contributed by atoms with Crippen molar-refractivity contribution in [3.05, 3.63) is 30.1 Å². The summed E-state index contributed by atoms with van der Waals surface area (Å²) in [5.74, 6) is 0.220. The highest BCUT2D eigenvalue weighted by Gasteiger charge is 2.38. The van der Waals surface area contributed by atoms with Crippen LogP contribution in [0.3, 0.4) is 0 Å². The number of carboxylic acid groups (broad SMARTS) is 1. The molecule has 1 unspecified atom stereocenters. The average molecular weight is 329 g/mol. The Morgan fingerprint density at radius 2 is 2.12 bits per heavy atom. The van der Waals surface area contributed by atoms with Crippen LogP contribution in [0.1, 0.15) is 19.4 Å². The van der Waals surface area contributed by atoms with Crippen LogP contribution in [0.25, 0.3) is 10.9 Å². The van der Waals surface area contributed by atoms with Gasteiger partial charge in [-0.05, 0) is 31.5 Å². The molecule has 1 aromatic carbocycles. The van der Waals surface area contributed by atoms with E-state index < -0.39 is 12.1 Å². The molecule has 0 bridgehead atoms. The first kappa shape index (κ1) is 16.0. The second kappa shape index (κ2) is 5.95. The minimum Gasteiger partial charge on any atom is -0.465 e. The molecule has 8 heteroatoms. The van der Waals surface area contributed by atoms with Crippen molar-refractivity contribution in [1.82, 2.24) is 19.8 Å². The molecule has 2 heterocycles. The number of benzene rings is 1. The number of amides is 2. The fourth-order valence-corrected chi connectivity index (χ4v) is 3.20. The molecule has 24 heavy (non-hydrogen) atoms. The molecule has 3 N–H and O–H groups in total. The molecule has 0 aliphatic carbocycles. The molecule has 8 nitrogen and oxygen atoms in total. The van der Waals surface area contributed by atoms with Gasteiger partial charge < -0.3 is 15.7 Å². The van der Waals surface area contributed by atoms with Crippen molar-refractivity contribution in [2.45, 2.75) is 32.5 Å². The highest BCUT2D eigenvalue weighted by Crippen LogP contribution is 2.22. The summed E-state index contributed by atoms with van der Waals surface area (Å²) in [5, 5.41) is 10.0. The van der Waals surface area contributed by atoms with Crippen LogP contribution in [0, 0.1) is 0 Å². The summed E-state index contributed by atoms with van der Waals surface area (Å²) in [6, 6.07) is 4.65. The molecule has 3 rings (SSSR count). The molecule has 0 saturated carbocycles. The van der Waals surface area contributed by atoms with Crippen molar-refractivity contribution in [2.75, 3.05) is 12.3 Å². The Bertz CT molecular complexity index is 809. The number of nitrogens with zero attached hydrogens (tertiary/aromatic N) is 4. The van der Waals surface area contributed by atoms with E-state index >= 15 is 0 Å². The van der Waals surface area contributed by atoms with Crippen molar-refractivity contribution < 1.29 is 14.7 Å². The number of piperazine rings is 1. The van der Waals surface area contributed by atoms with Gasteiger partial charge in [-0.1, -0.05) is 6.07 Å². The van der Waals surface area contributed by atoms with E-state index in [1.165, 1.54) is 11.2 Å². The molecular weight excluding hydrogens is 310 g/mol. The Kier molecular flexibility index (Phi) is 3.96. The van der Waals surface area contributed by atoms with Crippen LogP contribution < -0.4 is 5.73 Å². The molecule has 1 aliphatic heterocycles. The number of hydrogen-bond acceptors (Lipinski definition) is 5. The summed E-state index contributed by atoms with van der Waals surface area (Å²) < 4.78 is 0. The standard InChI is InChI=1S/C16H19N5O3/c1-9-6-20(15(22)10(2)21(9)16(23)24)7-11-3-4-12-13(5-11)18-8-19-14(12)17/h3-5,8-10H,6-7H2,1-2H3,(H,23,24)(H2,17,18,19)/t9?,10-/m0/s1. The molecule has 1 aromatic heterocycles. The smallest absolute Gasteiger partial charge is 0.408 e. The Morgan fingerprint density at radius 3 is 2.83 bits per heavy atom. The molecule has 2 aromatic rings. The maximum Gasteiger partial charge on any atom is 0.408 e. The lowest BCUT2D eigenvalue weighted by Gasteiger charge is -2.42. The van der Waals surface area contributed by atoms with Gasteiger partial charge in [0.05, 0.1) is 11.6 Å². The summed E-state index contributed by atoms with van der Waals surface area (Å²) in [5.41, 5.74) is 7.45. The van der Waals surface area contributed by atoms with Gasteiger partial charge in [-0.3, -0.25) is 9.69 Å². The van der Waals surface area contributed by atoms with Crippen molar-refractivity contribution in [1.29, 1.82) is 0 Å². The van der Waals surface area contributed by atoms with E-state index in [-0.39, 0.29) is 11.9 Å². The SMILES string of the molecule is CC1CN(Cc2ccc3c(N)ncnc3c2)C(=O)[C@H](C)N1C(=O)O. The van der Waals surface area contributed by atoms with E-state index in [1.54, 1.807) is 18.7 Å². The predicted octanol–water partition coefficient (Wildman–Crippen LogP) is 1.31. The molecule has 2 amide bonds. The molecule has 126 valence electrons. The molecule has 2 atom stereocenters. The lowest BCUT2D eigenvalue weighted by atomic mass is 10.1. The predicted molar refractivity (Wildman–Crippen MR) is 88.2 cm³/mol. The molecule has 1 aliphatic rings. The third-order valence-corrected chi connectivity index (χ3v) is 4.37. The summed E-state index contributed by atoms with van der Waals surface area (Å²) >= 11 is 0. The van der Waals surface area contributed by atoms with Gasteiger partial charge in [-0.15, -0.1) is 0 Å². The zero-order valence-electron chi connectivity index (χ0n) is 13.5. The highest BCUT2D eigenvalue weighted by molar-refractivity contribution is 5.88. The van der Waals surface area contributed by atoms with E-state index in [1.807, 2.05) is 18.2 Å². The number of hydrogen-bond donors (Lipinski definition) is 2. The third-order valence-electron chi connectivity index (χ3n) is 4.37. The second-order valence-electron chi connectivity index (χ2n) is 6.04. The molecule has 1 fully saturated rings. The highest BCUT2D eigenvalue weighted by atomic mass is 16.4. The Balaban J connectivity index is 1.83. The third kappa shape index (κ3) is 2.70. The number of nitrogen functional groups attached to an aromatic ring is 1. The van der Waals surface area contributed by atoms with E-state index in [0.29, 0.717) is 18.9 Å².